The van der Waals surface area contributed by atoms with E-state index in [-0.39, 0.29) is 0 Å². The van der Waals surface area contributed by atoms with Crippen molar-refractivity contribution in [3.05, 3.63) is 35.4 Å². The third-order valence-electron chi connectivity index (χ3n) is 3.68. The highest BCUT2D eigenvalue weighted by atomic mass is 16.5. The van der Waals surface area contributed by atoms with Crippen LogP contribution in [0.4, 0.5) is 0 Å². The molecular formula is C16H26N2O. The van der Waals surface area contributed by atoms with Crippen molar-refractivity contribution in [1.29, 1.82) is 0 Å². The van der Waals surface area contributed by atoms with Crippen molar-refractivity contribution in [2.75, 3.05) is 39.4 Å². The smallest absolute Gasteiger partial charge is 0.0594 e. The van der Waals surface area contributed by atoms with Crippen LogP contribution in [-0.2, 0) is 11.3 Å². The van der Waals surface area contributed by atoms with E-state index in [2.05, 4.69) is 48.3 Å². The topological polar surface area (TPSA) is 24.5 Å². The average Bonchev–Trinajstić information content (AvgIpc) is 2.45. The van der Waals surface area contributed by atoms with E-state index in [1.807, 2.05) is 0 Å². The van der Waals surface area contributed by atoms with E-state index in [4.69, 9.17) is 4.74 Å². The summed E-state index contributed by atoms with van der Waals surface area (Å²) in [5.41, 5.74) is 2.78. The minimum absolute atomic E-state index is 0.614. The van der Waals surface area contributed by atoms with E-state index in [0.29, 0.717) is 5.92 Å². The van der Waals surface area contributed by atoms with Crippen molar-refractivity contribution in [3.63, 3.8) is 0 Å². The fourth-order valence-electron chi connectivity index (χ4n) is 2.32. The maximum absolute atomic E-state index is 5.34. The lowest BCUT2D eigenvalue weighted by Crippen LogP contribution is -2.40. The molecule has 1 saturated heterocycles. The average molecular weight is 262 g/mol. The van der Waals surface area contributed by atoms with Gasteiger partial charge in [0.15, 0.2) is 0 Å². The third-order valence-corrected chi connectivity index (χ3v) is 3.68. The summed E-state index contributed by atoms with van der Waals surface area (Å²) < 4.78 is 5.34. The predicted octanol–water partition coefficient (Wildman–Crippen LogP) is 2.23. The zero-order valence-electron chi connectivity index (χ0n) is 12.2. The van der Waals surface area contributed by atoms with Crippen molar-refractivity contribution in [3.8, 4) is 0 Å². The molecule has 0 saturated carbocycles. The summed E-state index contributed by atoms with van der Waals surface area (Å²) in [5, 5.41) is 3.52. The Morgan fingerprint density at radius 3 is 2.47 bits per heavy atom. The fraction of sp³-hybridized carbons (Fsp3) is 0.625. The number of benzene rings is 1. The number of hydrogen-bond acceptors (Lipinski definition) is 3. The van der Waals surface area contributed by atoms with Crippen molar-refractivity contribution in [2.45, 2.75) is 26.3 Å². The van der Waals surface area contributed by atoms with E-state index >= 15 is 0 Å². The van der Waals surface area contributed by atoms with Crippen LogP contribution in [0.15, 0.2) is 24.3 Å². The summed E-state index contributed by atoms with van der Waals surface area (Å²) in [5.74, 6) is 0.614. The maximum Gasteiger partial charge on any atom is 0.0594 e. The fourth-order valence-corrected chi connectivity index (χ4v) is 2.32. The van der Waals surface area contributed by atoms with Crippen molar-refractivity contribution in [1.82, 2.24) is 10.2 Å². The van der Waals surface area contributed by atoms with Gasteiger partial charge < -0.3 is 10.1 Å². The third kappa shape index (κ3) is 4.94. The molecule has 0 aliphatic carbocycles. The summed E-state index contributed by atoms with van der Waals surface area (Å²) in [6.45, 7) is 11.5. The normalized spacial score (nSPS) is 17.0. The molecule has 3 heteroatoms. The molecule has 1 N–H and O–H groups in total. The van der Waals surface area contributed by atoms with Gasteiger partial charge in [0, 0.05) is 32.7 Å². The van der Waals surface area contributed by atoms with Crippen molar-refractivity contribution in [2.24, 2.45) is 0 Å². The van der Waals surface area contributed by atoms with Gasteiger partial charge in [-0.3, -0.25) is 4.90 Å². The van der Waals surface area contributed by atoms with E-state index in [1.54, 1.807) is 0 Å². The Morgan fingerprint density at radius 2 is 1.84 bits per heavy atom. The highest BCUT2D eigenvalue weighted by Crippen LogP contribution is 2.14. The molecule has 0 atom stereocenters. The molecule has 2 rings (SSSR count). The molecule has 19 heavy (non-hydrogen) atoms. The summed E-state index contributed by atoms with van der Waals surface area (Å²) in [4.78, 5) is 2.46. The van der Waals surface area contributed by atoms with Gasteiger partial charge in [-0.2, -0.15) is 0 Å². The van der Waals surface area contributed by atoms with E-state index < -0.39 is 0 Å². The Morgan fingerprint density at radius 1 is 1.16 bits per heavy atom. The molecule has 1 fully saturated rings. The molecule has 0 bridgehead atoms. The standard InChI is InChI=1S/C16H26N2O/c1-14(2)16-5-3-15(4-6-16)13-17-7-8-18-9-11-19-12-10-18/h3-6,14,17H,7-13H2,1-2H3. The van der Waals surface area contributed by atoms with Gasteiger partial charge in [-0.05, 0) is 17.0 Å². The first-order valence-electron chi connectivity index (χ1n) is 7.35. The molecule has 106 valence electrons. The number of nitrogens with zero attached hydrogens (tertiary/aromatic N) is 1. The van der Waals surface area contributed by atoms with Crippen LogP contribution in [0.2, 0.25) is 0 Å². The van der Waals surface area contributed by atoms with E-state index in [1.165, 1.54) is 11.1 Å². The minimum atomic E-state index is 0.614. The molecule has 0 amide bonds. The Balaban J connectivity index is 1.64. The van der Waals surface area contributed by atoms with Crippen LogP contribution in [0.1, 0.15) is 30.9 Å². The second kappa shape index (κ2) is 7.63. The molecule has 1 aromatic carbocycles. The van der Waals surface area contributed by atoms with Gasteiger partial charge >= 0.3 is 0 Å². The number of hydrogen-bond donors (Lipinski definition) is 1. The van der Waals surface area contributed by atoms with Crippen molar-refractivity contribution < 1.29 is 4.74 Å². The van der Waals surface area contributed by atoms with Crippen LogP contribution >= 0.6 is 0 Å². The highest BCUT2D eigenvalue weighted by Gasteiger charge is 2.08. The largest absolute Gasteiger partial charge is 0.379 e. The van der Waals surface area contributed by atoms with E-state index in [0.717, 1.165) is 45.9 Å². The molecule has 1 aliphatic rings. The van der Waals surface area contributed by atoms with Gasteiger partial charge in [0.2, 0.25) is 0 Å². The minimum Gasteiger partial charge on any atom is -0.379 e. The van der Waals surface area contributed by atoms with E-state index in [9.17, 15) is 0 Å². The zero-order chi connectivity index (χ0) is 13.5. The van der Waals surface area contributed by atoms with Crippen LogP contribution < -0.4 is 5.32 Å². The number of nitrogens with one attached hydrogen (secondary N) is 1. The Hall–Kier alpha value is -0.900. The van der Waals surface area contributed by atoms with Gasteiger partial charge in [-0.1, -0.05) is 38.1 Å². The Kier molecular flexibility index (Phi) is 5.83. The summed E-state index contributed by atoms with van der Waals surface area (Å²) >= 11 is 0. The molecule has 0 radical (unpaired) electrons. The van der Waals surface area contributed by atoms with Crippen LogP contribution in [0.3, 0.4) is 0 Å². The molecule has 1 heterocycles. The number of rotatable bonds is 6. The maximum atomic E-state index is 5.34. The Labute approximate surface area is 116 Å². The lowest BCUT2D eigenvalue weighted by molar-refractivity contribution is 0.0384. The molecule has 0 unspecified atom stereocenters. The second-order valence-electron chi connectivity index (χ2n) is 5.53. The number of ether oxygens (including phenoxy) is 1. The second-order valence-corrected chi connectivity index (χ2v) is 5.53. The molecule has 3 nitrogen and oxygen atoms in total. The van der Waals surface area contributed by atoms with Crippen LogP contribution in [0.25, 0.3) is 0 Å². The van der Waals surface area contributed by atoms with Crippen LogP contribution in [0.5, 0.6) is 0 Å². The van der Waals surface area contributed by atoms with Crippen LogP contribution in [-0.4, -0.2) is 44.3 Å². The van der Waals surface area contributed by atoms with Crippen molar-refractivity contribution >= 4 is 0 Å². The first kappa shape index (κ1) is 14.5. The molecular weight excluding hydrogens is 236 g/mol. The highest BCUT2D eigenvalue weighted by molar-refractivity contribution is 5.24. The first-order chi connectivity index (χ1) is 9.25. The SMILES string of the molecule is CC(C)c1ccc(CNCCN2CCOCC2)cc1. The first-order valence-corrected chi connectivity index (χ1v) is 7.35. The summed E-state index contributed by atoms with van der Waals surface area (Å²) in [7, 11) is 0. The molecule has 1 aliphatic heterocycles. The molecule has 0 spiro atoms. The summed E-state index contributed by atoms with van der Waals surface area (Å²) in [6.07, 6.45) is 0. The van der Waals surface area contributed by atoms with Crippen LogP contribution in [0, 0.1) is 0 Å². The molecule has 1 aromatic rings. The molecule has 0 aromatic heterocycles. The lowest BCUT2D eigenvalue weighted by Gasteiger charge is -2.26. The van der Waals surface area contributed by atoms with Gasteiger partial charge in [0.05, 0.1) is 13.2 Å². The van der Waals surface area contributed by atoms with Gasteiger partial charge in [0.25, 0.3) is 0 Å². The van der Waals surface area contributed by atoms with Gasteiger partial charge in [-0.15, -0.1) is 0 Å². The van der Waals surface area contributed by atoms with Gasteiger partial charge in [0.1, 0.15) is 0 Å². The Bertz CT molecular complexity index is 356. The summed E-state index contributed by atoms with van der Waals surface area (Å²) in [6, 6.07) is 8.95. The lowest BCUT2D eigenvalue weighted by atomic mass is 10.0. The quantitative estimate of drug-likeness (QED) is 0.796. The predicted molar refractivity (Wildman–Crippen MR) is 79.5 cm³/mol. The zero-order valence-corrected chi connectivity index (χ0v) is 12.2. The monoisotopic (exact) mass is 262 g/mol. The van der Waals surface area contributed by atoms with Gasteiger partial charge in [-0.25, -0.2) is 0 Å². The number of morpholine rings is 1.